The molecule has 0 unspecified atom stereocenters. The zero-order valence-electron chi connectivity index (χ0n) is 15.6. The number of benzene rings is 2. The van der Waals surface area contributed by atoms with Crippen LogP contribution in [0.25, 0.3) is 16.9 Å². The van der Waals surface area contributed by atoms with Crippen LogP contribution in [0.15, 0.2) is 54.7 Å². The number of hydrogen-bond donors (Lipinski definition) is 1. The van der Waals surface area contributed by atoms with Crippen molar-refractivity contribution >= 4 is 17.2 Å². The van der Waals surface area contributed by atoms with Gasteiger partial charge in [-0.1, -0.05) is 12.1 Å². The number of fused-ring (bicyclic) bond motifs is 1. The van der Waals surface area contributed by atoms with Crippen LogP contribution in [0.5, 0.6) is 5.88 Å². The van der Waals surface area contributed by atoms with Gasteiger partial charge in [0.25, 0.3) is 5.91 Å². The third-order valence-electron chi connectivity index (χ3n) is 4.46. The Morgan fingerprint density at radius 2 is 1.93 bits per heavy atom. The predicted molar refractivity (Wildman–Crippen MR) is 104 cm³/mol. The molecule has 0 aliphatic heterocycles. The molecule has 1 N–H and O–H groups in total. The van der Waals surface area contributed by atoms with Gasteiger partial charge in [0, 0.05) is 23.4 Å². The van der Waals surface area contributed by atoms with Crippen LogP contribution in [0.3, 0.4) is 0 Å². The molecule has 2 heterocycles. The van der Waals surface area contributed by atoms with E-state index in [9.17, 15) is 13.6 Å². The highest BCUT2D eigenvalue weighted by molar-refractivity contribution is 6.05. The molecule has 2 aromatic heterocycles. The van der Waals surface area contributed by atoms with Crippen LogP contribution >= 0.6 is 0 Å². The first-order chi connectivity index (χ1) is 13.9. The van der Waals surface area contributed by atoms with Gasteiger partial charge in [0.2, 0.25) is 5.88 Å². The van der Waals surface area contributed by atoms with Crippen LogP contribution in [-0.2, 0) is 0 Å². The molecule has 0 fully saturated rings. The van der Waals surface area contributed by atoms with Gasteiger partial charge in [-0.05, 0) is 36.8 Å². The molecule has 4 aromatic rings. The predicted octanol–water partition coefficient (Wildman–Crippen LogP) is 4.24. The molecule has 0 bridgehead atoms. The average molecular weight is 394 g/mol. The second-order valence-electron chi connectivity index (χ2n) is 6.41. The fourth-order valence-electron chi connectivity index (χ4n) is 2.89. The highest BCUT2D eigenvalue weighted by Crippen LogP contribution is 2.26. The SMILES string of the molecule is COc1ccc2nc(-c3ccc(C)c(NC(=O)c4ccc(F)cc4F)c3)cn2n1. The number of imidazole rings is 1. The van der Waals surface area contributed by atoms with Crippen molar-refractivity contribution in [2.45, 2.75) is 6.92 Å². The molecule has 6 nitrogen and oxygen atoms in total. The van der Waals surface area contributed by atoms with Gasteiger partial charge in [0.05, 0.1) is 24.6 Å². The second-order valence-corrected chi connectivity index (χ2v) is 6.41. The topological polar surface area (TPSA) is 68.5 Å². The number of carbonyl (C=O) groups excluding carboxylic acids is 1. The van der Waals surface area contributed by atoms with Crippen molar-refractivity contribution in [1.82, 2.24) is 14.6 Å². The van der Waals surface area contributed by atoms with E-state index in [0.717, 1.165) is 23.3 Å². The zero-order chi connectivity index (χ0) is 20.5. The number of aromatic nitrogens is 3. The van der Waals surface area contributed by atoms with Gasteiger partial charge in [-0.3, -0.25) is 4.79 Å². The summed E-state index contributed by atoms with van der Waals surface area (Å²) in [7, 11) is 1.53. The van der Waals surface area contributed by atoms with E-state index < -0.39 is 17.5 Å². The van der Waals surface area contributed by atoms with Gasteiger partial charge in [-0.15, -0.1) is 5.10 Å². The molecule has 0 saturated heterocycles. The van der Waals surface area contributed by atoms with Gasteiger partial charge >= 0.3 is 0 Å². The van der Waals surface area contributed by atoms with E-state index in [1.54, 1.807) is 28.9 Å². The molecule has 146 valence electrons. The first-order valence-corrected chi connectivity index (χ1v) is 8.72. The maximum absolute atomic E-state index is 13.9. The lowest BCUT2D eigenvalue weighted by Crippen LogP contribution is -2.14. The number of halogens is 2. The third kappa shape index (κ3) is 3.64. The van der Waals surface area contributed by atoms with Gasteiger partial charge in [0.15, 0.2) is 5.65 Å². The minimum Gasteiger partial charge on any atom is -0.480 e. The Bertz CT molecular complexity index is 1240. The molecule has 4 rings (SSSR count). The van der Waals surface area contributed by atoms with Gasteiger partial charge in [-0.2, -0.15) is 0 Å². The largest absolute Gasteiger partial charge is 0.480 e. The second kappa shape index (κ2) is 7.31. The highest BCUT2D eigenvalue weighted by atomic mass is 19.1. The molecule has 29 heavy (non-hydrogen) atoms. The van der Waals surface area contributed by atoms with Crippen LogP contribution in [-0.4, -0.2) is 27.6 Å². The maximum atomic E-state index is 13.9. The number of anilines is 1. The van der Waals surface area contributed by atoms with Crippen LogP contribution in [0.2, 0.25) is 0 Å². The summed E-state index contributed by atoms with van der Waals surface area (Å²) < 4.78 is 33.7. The molecule has 8 heteroatoms. The molecule has 2 aromatic carbocycles. The van der Waals surface area contributed by atoms with Crippen molar-refractivity contribution in [3.63, 3.8) is 0 Å². The fourth-order valence-corrected chi connectivity index (χ4v) is 2.89. The molecule has 0 saturated carbocycles. The van der Waals surface area contributed by atoms with Crippen molar-refractivity contribution in [2.75, 3.05) is 12.4 Å². The Morgan fingerprint density at radius 3 is 2.69 bits per heavy atom. The smallest absolute Gasteiger partial charge is 0.258 e. The number of amides is 1. The number of methoxy groups -OCH3 is 1. The molecular formula is C21H16F2N4O2. The summed E-state index contributed by atoms with van der Waals surface area (Å²) in [5, 5.41) is 6.95. The van der Waals surface area contributed by atoms with E-state index in [0.29, 0.717) is 29.0 Å². The van der Waals surface area contributed by atoms with E-state index in [2.05, 4.69) is 15.4 Å². The number of nitrogens with one attached hydrogen (secondary N) is 1. The van der Waals surface area contributed by atoms with Crippen molar-refractivity contribution < 1.29 is 18.3 Å². The van der Waals surface area contributed by atoms with E-state index >= 15 is 0 Å². The zero-order valence-corrected chi connectivity index (χ0v) is 15.6. The summed E-state index contributed by atoms with van der Waals surface area (Å²) in [6.07, 6.45) is 1.74. The maximum Gasteiger partial charge on any atom is 0.258 e. The lowest BCUT2D eigenvalue weighted by molar-refractivity contribution is 0.102. The molecule has 1 amide bonds. The summed E-state index contributed by atoms with van der Waals surface area (Å²) in [5.74, 6) is -1.87. The van der Waals surface area contributed by atoms with Crippen molar-refractivity contribution in [3.8, 4) is 17.1 Å². The molecule has 0 aliphatic carbocycles. The van der Waals surface area contributed by atoms with Gasteiger partial charge in [0.1, 0.15) is 11.6 Å². The molecule has 0 radical (unpaired) electrons. The number of hydrogen-bond acceptors (Lipinski definition) is 4. The molecular weight excluding hydrogens is 378 g/mol. The number of ether oxygens (including phenoxy) is 1. The molecule has 0 aliphatic rings. The number of aryl methyl sites for hydroxylation is 1. The van der Waals surface area contributed by atoms with Gasteiger partial charge in [-0.25, -0.2) is 18.3 Å². The monoisotopic (exact) mass is 394 g/mol. The normalized spacial score (nSPS) is 10.9. The number of nitrogens with zero attached hydrogens (tertiary/aromatic N) is 3. The number of rotatable bonds is 4. The standard InChI is InChI=1S/C21H16F2N4O2/c1-12-3-4-13(18-11-27-19(24-18)7-8-20(26-27)29-2)9-17(12)25-21(28)15-6-5-14(22)10-16(15)23/h3-11H,1-2H3,(H,25,28). The summed E-state index contributed by atoms with van der Waals surface area (Å²) in [5.41, 5.74) is 3.08. The van der Waals surface area contributed by atoms with Crippen LogP contribution in [0.1, 0.15) is 15.9 Å². The third-order valence-corrected chi connectivity index (χ3v) is 4.46. The Labute approximate surface area is 164 Å². The summed E-state index contributed by atoms with van der Waals surface area (Å²) >= 11 is 0. The van der Waals surface area contributed by atoms with Gasteiger partial charge < -0.3 is 10.1 Å². The summed E-state index contributed by atoms with van der Waals surface area (Å²) in [6.45, 7) is 1.82. The van der Waals surface area contributed by atoms with E-state index in [-0.39, 0.29) is 5.56 Å². The molecule has 0 spiro atoms. The summed E-state index contributed by atoms with van der Waals surface area (Å²) in [6, 6.07) is 11.8. The first kappa shape index (κ1) is 18.5. The minimum atomic E-state index is -0.920. The average Bonchev–Trinajstić information content (AvgIpc) is 3.12. The highest BCUT2D eigenvalue weighted by Gasteiger charge is 2.15. The van der Waals surface area contributed by atoms with Crippen molar-refractivity contribution in [2.24, 2.45) is 0 Å². The van der Waals surface area contributed by atoms with E-state index in [4.69, 9.17) is 4.74 Å². The lowest BCUT2D eigenvalue weighted by atomic mass is 10.1. The Balaban J connectivity index is 1.66. The minimum absolute atomic E-state index is 0.236. The Morgan fingerprint density at radius 1 is 1.10 bits per heavy atom. The van der Waals surface area contributed by atoms with Crippen LogP contribution in [0.4, 0.5) is 14.5 Å². The quantitative estimate of drug-likeness (QED) is 0.562. The van der Waals surface area contributed by atoms with Crippen LogP contribution in [0, 0.1) is 18.6 Å². The Hall–Kier alpha value is -3.81. The van der Waals surface area contributed by atoms with E-state index in [1.165, 1.54) is 7.11 Å². The fraction of sp³-hybridized carbons (Fsp3) is 0.0952. The Kier molecular flexibility index (Phi) is 4.67. The van der Waals surface area contributed by atoms with Crippen molar-refractivity contribution in [3.05, 3.63) is 77.5 Å². The summed E-state index contributed by atoms with van der Waals surface area (Å²) in [4.78, 5) is 17.0. The van der Waals surface area contributed by atoms with E-state index in [1.807, 2.05) is 19.1 Å². The molecule has 0 atom stereocenters. The first-order valence-electron chi connectivity index (χ1n) is 8.72. The number of carbonyl (C=O) groups is 1. The van der Waals surface area contributed by atoms with Crippen LogP contribution < -0.4 is 10.1 Å². The lowest BCUT2D eigenvalue weighted by Gasteiger charge is -2.10. The van der Waals surface area contributed by atoms with Crippen molar-refractivity contribution in [1.29, 1.82) is 0 Å².